The van der Waals surface area contributed by atoms with E-state index in [-0.39, 0.29) is 11.4 Å². The van der Waals surface area contributed by atoms with Crippen molar-refractivity contribution in [3.8, 4) is 0 Å². The Labute approximate surface area is 161 Å². The molecule has 3 aromatic rings. The van der Waals surface area contributed by atoms with Crippen LogP contribution in [-0.2, 0) is 0 Å². The van der Waals surface area contributed by atoms with Crippen molar-refractivity contribution in [2.75, 3.05) is 31.1 Å². The van der Waals surface area contributed by atoms with Crippen LogP contribution in [0.5, 0.6) is 0 Å². The van der Waals surface area contributed by atoms with Crippen LogP contribution < -0.4 is 4.90 Å². The first-order chi connectivity index (χ1) is 12.5. The summed E-state index contributed by atoms with van der Waals surface area (Å²) < 4.78 is 28.5. The van der Waals surface area contributed by atoms with E-state index in [2.05, 4.69) is 20.9 Å². The molecule has 0 unspecified atom stereocenters. The number of hydrogen-bond acceptors (Lipinski definition) is 4. The van der Waals surface area contributed by atoms with E-state index in [1.807, 2.05) is 23.1 Å². The maximum atomic E-state index is 13.8. The minimum absolute atomic E-state index is 0.0189. The number of halogens is 3. The highest BCUT2D eigenvalue weighted by atomic mass is 79.9. The molecule has 0 spiro atoms. The summed E-state index contributed by atoms with van der Waals surface area (Å²) in [6, 6.07) is 9.49. The Morgan fingerprint density at radius 2 is 1.85 bits per heavy atom. The number of amides is 1. The topological polar surface area (TPSA) is 36.4 Å². The summed E-state index contributed by atoms with van der Waals surface area (Å²) in [5, 5.41) is 0.650. The van der Waals surface area contributed by atoms with Gasteiger partial charge in [0, 0.05) is 36.7 Å². The smallest absolute Gasteiger partial charge is 0.255 e. The highest BCUT2D eigenvalue weighted by molar-refractivity contribution is 9.10. The van der Waals surface area contributed by atoms with Crippen LogP contribution in [0.1, 0.15) is 10.4 Å². The van der Waals surface area contributed by atoms with E-state index >= 15 is 0 Å². The molecule has 0 saturated carbocycles. The molecule has 1 aliphatic heterocycles. The minimum Gasteiger partial charge on any atom is -0.345 e. The van der Waals surface area contributed by atoms with Gasteiger partial charge in [-0.05, 0) is 34.1 Å². The highest BCUT2D eigenvalue weighted by Gasteiger charge is 2.25. The second kappa shape index (κ2) is 6.92. The molecular weight excluding hydrogens is 424 g/mol. The van der Waals surface area contributed by atoms with Crippen molar-refractivity contribution in [2.45, 2.75) is 0 Å². The fraction of sp³-hybridized carbons (Fsp3) is 0.222. The Balaban J connectivity index is 1.49. The zero-order chi connectivity index (χ0) is 18.3. The van der Waals surface area contributed by atoms with Crippen LogP contribution in [0, 0.1) is 11.6 Å². The van der Waals surface area contributed by atoms with Crippen LogP contribution in [0.2, 0.25) is 0 Å². The molecule has 0 radical (unpaired) electrons. The summed E-state index contributed by atoms with van der Waals surface area (Å²) in [7, 11) is 0. The number of piperazine rings is 1. The highest BCUT2D eigenvalue weighted by Crippen LogP contribution is 2.31. The molecule has 134 valence electrons. The molecule has 4 nitrogen and oxygen atoms in total. The standard InChI is InChI=1S/C18H14BrF2N3OS/c19-13-4-2-1-3-12(13)17(25)23-5-7-24(8-6-23)18-22-16-14(21)9-11(20)10-15(16)26-18/h1-4,9-10H,5-8H2. The third-order valence-corrected chi connectivity index (χ3v) is 6.10. The molecule has 26 heavy (non-hydrogen) atoms. The molecule has 0 aliphatic carbocycles. The number of aromatic nitrogens is 1. The normalized spacial score (nSPS) is 14.9. The summed E-state index contributed by atoms with van der Waals surface area (Å²) in [6.07, 6.45) is 0. The van der Waals surface area contributed by atoms with Gasteiger partial charge in [0.25, 0.3) is 5.91 Å². The summed E-state index contributed by atoms with van der Waals surface area (Å²) in [4.78, 5) is 20.8. The lowest BCUT2D eigenvalue weighted by molar-refractivity contribution is 0.0746. The maximum absolute atomic E-state index is 13.8. The summed E-state index contributed by atoms with van der Waals surface area (Å²) in [5.74, 6) is -1.27. The van der Waals surface area contributed by atoms with Gasteiger partial charge in [0.2, 0.25) is 0 Å². The first-order valence-electron chi connectivity index (χ1n) is 8.07. The van der Waals surface area contributed by atoms with E-state index in [1.165, 1.54) is 17.4 Å². The number of thiazole rings is 1. The number of anilines is 1. The zero-order valence-electron chi connectivity index (χ0n) is 13.6. The minimum atomic E-state index is -0.648. The van der Waals surface area contributed by atoms with Gasteiger partial charge in [0.05, 0.1) is 10.3 Å². The molecule has 0 atom stereocenters. The van der Waals surface area contributed by atoms with Crippen molar-refractivity contribution < 1.29 is 13.6 Å². The quantitative estimate of drug-likeness (QED) is 0.599. The van der Waals surface area contributed by atoms with Gasteiger partial charge in [-0.25, -0.2) is 13.8 Å². The van der Waals surface area contributed by atoms with Gasteiger partial charge in [-0.3, -0.25) is 4.79 Å². The van der Waals surface area contributed by atoms with Crippen molar-refractivity contribution in [3.63, 3.8) is 0 Å². The van der Waals surface area contributed by atoms with Crippen LogP contribution in [0.3, 0.4) is 0 Å². The zero-order valence-corrected chi connectivity index (χ0v) is 16.0. The molecule has 0 bridgehead atoms. The van der Waals surface area contributed by atoms with Crippen molar-refractivity contribution in [1.82, 2.24) is 9.88 Å². The van der Waals surface area contributed by atoms with E-state index in [0.29, 0.717) is 41.6 Å². The van der Waals surface area contributed by atoms with Crippen LogP contribution in [-0.4, -0.2) is 42.0 Å². The lowest BCUT2D eigenvalue weighted by Crippen LogP contribution is -2.48. The monoisotopic (exact) mass is 437 g/mol. The van der Waals surface area contributed by atoms with Gasteiger partial charge >= 0.3 is 0 Å². The average Bonchev–Trinajstić information content (AvgIpc) is 3.06. The van der Waals surface area contributed by atoms with Gasteiger partial charge in [-0.15, -0.1) is 0 Å². The van der Waals surface area contributed by atoms with E-state index in [1.54, 1.807) is 11.0 Å². The van der Waals surface area contributed by atoms with Gasteiger partial charge in [0.1, 0.15) is 11.3 Å². The lowest BCUT2D eigenvalue weighted by Gasteiger charge is -2.34. The first-order valence-corrected chi connectivity index (χ1v) is 9.68. The van der Waals surface area contributed by atoms with Gasteiger partial charge in [-0.2, -0.15) is 0 Å². The largest absolute Gasteiger partial charge is 0.345 e. The van der Waals surface area contributed by atoms with E-state index in [9.17, 15) is 13.6 Å². The first kappa shape index (κ1) is 17.4. The van der Waals surface area contributed by atoms with E-state index in [0.717, 1.165) is 10.5 Å². The molecule has 1 aliphatic rings. The third kappa shape index (κ3) is 3.19. The molecule has 1 saturated heterocycles. The van der Waals surface area contributed by atoms with Crippen molar-refractivity contribution in [1.29, 1.82) is 0 Å². The van der Waals surface area contributed by atoms with Crippen LogP contribution in [0.4, 0.5) is 13.9 Å². The van der Waals surface area contributed by atoms with Crippen molar-refractivity contribution in [2.24, 2.45) is 0 Å². The number of carbonyl (C=O) groups excluding carboxylic acids is 1. The van der Waals surface area contributed by atoms with Crippen LogP contribution >= 0.6 is 27.3 Å². The molecule has 1 fully saturated rings. The number of carbonyl (C=O) groups is 1. The molecule has 4 rings (SSSR count). The number of fused-ring (bicyclic) bond motifs is 1. The van der Waals surface area contributed by atoms with Gasteiger partial charge in [-0.1, -0.05) is 23.5 Å². The van der Waals surface area contributed by atoms with E-state index in [4.69, 9.17) is 0 Å². The fourth-order valence-electron chi connectivity index (χ4n) is 2.99. The Hall–Kier alpha value is -2.06. The average molecular weight is 438 g/mol. The summed E-state index contributed by atoms with van der Waals surface area (Å²) in [5.41, 5.74) is 0.830. The molecule has 2 heterocycles. The number of nitrogens with zero attached hydrogens (tertiary/aromatic N) is 3. The number of rotatable bonds is 2. The van der Waals surface area contributed by atoms with Crippen LogP contribution in [0.15, 0.2) is 40.9 Å². The predicted molar refractivity (Wildman–Crippen MR) is 102 cm³/mol. The number of hydrogen-bond donors (Lipinski definition) is 0. The van der Waals surface area contributed by atoms with E-state index < -0.39 is 11.6 Å². The summed E-state index contributed by atoms with van der Waals surface area (Å²) >= 11 is 4.68. The Morgan fingerprint density at radius 3 is 2.58 bits per heavy atom. The molecule has 8 heteroatoms. The lowest BCUT2D eigenvalue weighted by atomic mass is 10.2. The molecular formula is C18H14BrF2N3OS. The third-order valence-electron chi connectivity index (χ3n) is 4.34. The SMILES string of the molecule is O=C(c1ccccc1Br)N1CCN(c2nc3c(F)cc(F)cc3s2)CC1. The predicted octanol–water partition coefficient (Wildman–Crippen LogP) is 4.30. The maximum Gasteiger partial charge on any atom is 0.255 e. The van der Waals surface area contributed by atoms with Gasteiger partial charge in [0.15, 0.2) is 10.9 Å². The number of benzene rings is 2. The second-order valence-corrected chi connectivity index (χ2v) is 7.85. The fourth-order valence-corrected chi connectivity index (χ4v) is 4.50. The van der Waals surface area contributed by atoms with Crippen molar-refractivity contribution in [3.05, 3.63) is 58.1 Å². The molecule has 2 aromatic carbocycles. The Bertz CT molecular complexity index is 986. The van der Waals surface area contributed by atoms with Crippen LogP contribution in [0.25, 0.3) is 10.2 Å². The molecule has 1 amide bonds. The van der Waals surface area contributed by atoms with Crippen molar-refractivity contribution >= 4 is 48.5 Å². The molecule has 0 N–H and O–H groups in total. The Morgan fingerprint density at radius 1 is 1.12 bits per heavy atom. The second-order valence-electron chi connectivity index (χ2n) is 5.99. The molecule has 1 aromatic heterocycles. The summed E-state index contributed by atoms with van der Waals surface area (Å²) in [6.45, 7) is 2.29. The van der Waals surface area contributed by atoms with Gasteiger partial charge < -0.3 is 9.80 Å². The Kier molecular flexibility index (Phi) is 4.62.